The highest BCUT2D eigenvalue weighted by Crippen LogP contribution is 1.93. The van der Waals surface area contributed by atoms with Crippen molar-refractivity contribution in [2.45, 2.75) is 13.0 Å². The Kier molecular flexibility index (Phi) is 4.23. The molecule has 0 aliphatic heterocycles. The van der Waals surface area contributed by atoms with Crippen LogP contribution >= 0.6 is 22.6 Å². The first-order valence-corrected chi connectivity index (χ1v) is 3.44. The Balaban J connectivity index is 3.35. The Labute approximate surface area is 55.9 Å². The van der Waals surface area contributed by atoms with E-state index in [4.69, 9.17) is 5.53 Å². The predicted octanol–water partition coefficient (Wildman–Crippen LogP) is 2.12. The van der Waals surface area contributed by atoms with Gasteiger partial charge in [-0.15, -0.1) is 0 Å². The number of nitrogens with zero attached hydrogens (tertiary/aromatic N) is 3. The molecule has 40 valence electrons. The first kappa shape index (κ1) is 7.04. The van der Waals surface area contributed by atoms with Crippen molar-refractivity contribution in [2.75, 3.05) is 4.43 Å². The number of halogens is 1. The second kappa shape index (κ2) is 4.21. The van der Waals surface area contributed by atoms with E-state index in [1.807, 2.05) is 6.92 Å². The van der Waals surface area contributed by atoms with Crippen LogP contribution in [0.25, 0.3) is 10.4 Å². The average Bonchev–Trinajstić information content (AvgIpc) is 1.68. The summed E-state index contributed by atoms with van der Waals surface area (Å²) in [6.07, 6.45) is 0. The summed E-state index contributed by atoms with van der Waals surface area (Å²) in [5.41, 5.74) is 7.82. The molecule has 0 saturated carbocycles. The fourth-order valence-corrected chi connectivity index (χ4v) is 0.295. The minimum Gasteiger partial charge on any atom is -0.0901 e. The van der Waals surface area contributed by atoms with Crippen molar-refractivity contribution in [2.24, 2.45) is 5.11 Å². The van der Waals surface area contributed by atoms with Crippen molar-refractivity contribution in [3.63, 3.8) is 0 Å². The Morgan fingerprint density at radius 1 is 2.00 bits per heavy atom. The number of hydrogen-bond acceptors (Lipinski definition) is 1. The third-order valence-electron chi connectivity index (χ3n) is 0.472. The zero-order chi connectivity index (χ0) is 5.70. The molecule has 0 spiro atoms. The molecule has 0 radical (unpaired) electrons. The topological polar surface area (TPSA) is 48.8 Å². The standard InChI is InChI=1S/C3H6IN3/c1-3(2-4)6-7-5/h3H,2H2,1H3. The van der Waals surface area contributed by atoms with E-state index in [1.165, 1.54) is 0 Å². The van der Waals surface area contributed by atoms with Gasteiger partial charge in [-0.2, -0.15) is 0 Å². The van der Waals surface area contributed by atoms with Gasteiger partial charge >= 0.3 is 0 Å². The molecule has 0 saturated heterocycles. The van der Waals surface area contributed by atoms with Gasteiger partial charge in [0.05, 0.1) is 0 Å². The largest absolute Gasteiger partial charge is 0.0901 e. The van der Waals surface area contributed by atoms with Crippen molar-refractivity contribution in [1.82, 2.24) is 0 Å². The summed E-state index contributed by atoms with van der Waals surface area (Å²) in [6.45, 7) is 1.88. The molecule has 1 atom stereocenters. The first-order chi connectivity index (χ1) is 3.31. The van der Waals surface area contributed by atoms with Gasteiger partial charge in [-0.25, -0.2) is 0 Å². The smallest absolute Gasteiger partial charge is 0.0435 e. The maximum Gasteiger partial charge on any atom is 0.0435 e. The van der Waals surface area contributed by atoms with Crippen molar-refractivity contribution in [1.29, 1.82) is 0 Å². The second-order valence-corrected chi connectivity index (χ2v) is 2.09. The Morgan fingerprint density at radius 3 is 2.71 bits per heavy atom. The van der Waals surface area contributed by atoms with Crippen molar-refractivity contribution < 1.29 is 0 Å². The normalized spacial score (nSPS) is 12.3. The lowest BCUT2D eigenvalue weighted by Crippen LogP contribution is -1.94. The van der Waals surface area contributed by atoms with E-state index < -0.39 is 0 Å². The third kappa shape index (κ3) is 3.88. The van der Waals surface area contributed by atoms with Crippen LogP contribution in [-0.2, 0) is 0 Å². The molecule has 0 amide bonds. The maximum atomic E-state index is 7.82. The molecule has 0 rings (SSSR count). The zero-order valence-electron chi connectivity index (χ0n) is 4.00. The summed E-state index contributed by atoms with van der Waals surface area (Å²) < 4.78 is 0.891. The molecule has 0 aliphatic carbocycles. The molecule has 3 nitrogen and oxygen atoms in total. The van der Waals surface area contributed by atoms with Gasteiger partial charge in [0.2, 0.25) is 0 Å². The quantitative estimate of drug-likeness (QED) is 0.221. The van der Waals surface area contributed by atoms with E-state index >= 15 is 0 Å². The monoisotopic (exact) mass is 211 g/mol. The molecule has 0 aromatic rings. The highest BCUT2D eigenvalue weighted by molar-refractivity contribution is 14.1. The minimum absolute atomic E-state index is 0.144. The van der Waals surface area contributed by atoms with Gasteiger partial charge in [0, 0.05) is 15.4 Å². The lowest BCUT2D eigenvalue weighted by molar-refractivity contribution is 0.849. The second-order valence-electron chi connectivity index (χ2n) is 1.21. The van der Waals surface area contributed by atoms with Gasteiger partial charge in [-0.05, 0) is 5.53 Å². The van der Waals surface area contributed by atoms with E-state index in [0.717, 1.165) is 4.43 Å². The van der Waals surface area contributed by atoms with E-state index in [9.17, 15) is 0 Å². The molecule has 7 heavy (non-hydrogen) atoms. The van der Waals surface area contributed by atoms with Gasteiger partial charge in [0.25, 0.3) is 0 Å². The number of azide groups is 1. The lowest BCUT2D eigenvalue weighted by atomic mass is 10.4. The van der Waals surface area contributed by atoms with Gasteiger partial charge in [-0.3, -0.25) is 0 Å². The van der Waals surface area contributed by atoms with Crippen LogP contribution in [0, 0.1) is 0 Å². The summed E-state index contributed by atoms with van der Waals surface area (Å²) in [5.74, 6) is 0. The molecular formula is C3H6IN3. The van der Waals surface area contributed by atoms with Crippen LogP contribution in [0.15, 0.2) is 5.11 Å². The van der Waals surface area contributed by atoms with Crippen LogP contribution in [-0.4, -0.2) is 10.5 Å². The lowest BCUT2D eigenvalue weighted by Gasteiger charge is -1.90. The number of alkyl halides is 1. The van der Waals surface area contributed by atoms with Gasteiger partial charge in [0.1, 0.15) is 0 Å². The van der Waals surface area contributed by atoms with Crippen LogP contribution < -0.4 is 0 Å². The molecule has 0 N–H and O–H groups in total. The highest BCUT2D eigenvalue weighted by atomic mass is 127. The first-order valence-electron chi connectivity index (χ1n) is 1.91. The highest BCUT2D eigenvalue weighted by Gasteiger charge is 1.89. The number of rotatable bonds is 2. The molecule has 0 heterocycles. The molecule has 0 fully saturated rings. The average molecular weight is 211 g/mol. The Bertz CT molecular complexity index is 86.2. The molecule has 0 aromatic carbocycles. The molecular weight excluding hydrogens is 205 g/mol. The zero-order valence-corrected chi connectivity index (χ0v) is 6.16. The van der Waals surface area contributed by atoms with Crippen LogP contribution in [0.3, 0.4) is 0 Å². The predicted molar refractivity (Wildman–Crippen MR) is 37.5 cm³/mol. The fraction of sp³-hybridized carbons (Fsp3) is 1.00. The van der Waals surface area contributed by atoms with E-state index in [1.54, 1.807) is 0 Å². The summed E-state index contributed by atoms with van der Waals surface area (Å²) in [6, 6.07) is 0.144. The fourth-order valence-electron chi connectivity index (χ4n) is 0.119. The van der Waals surface area contributed by atoms with Crippen molar-refractivity contribution in [3.8, 4) is 0 Å². The van der Waals surface area contributed by atoms with E-state index in [2.05, 4.69) is 32.6 Å². The minimum atomic E-state index is 0.144. The van der Waals surface area contributed by atoms with Crippen LogP contribution in [0.5, 0.6) is 0 Å². The molecule has 0 bridgehead atoms. The van der Waals surface area contributed by atoms with Gasteiger partial charge < -0.3 is 0 Å². The van der Waals surface area contributed by atoms with Crippen LogP contribution in [0.2, 0.25) is 0 Å². The summed E-state index contributed by atoms with van der Waals surface area (Å²) in [7, 11) is 0. The summed E-state index contributed by atoms with van der Waals surface area (Å²) in [4.78, 5) is 2.63. The SMILES string of the molecule is CC(CI)N=[N+]=[N-]. The van der Waals surface area contributed by atoms with Crippen molar-refractivity contribution >= 4 is 22.6 Å². The summed E-state index contributed by atoms with van der Waals surface area (Å²) >= 11 is 2.17. The van der Waals surface area contributed by atoms with Crippen LogP contribution in [0.1, 0.15) is 6.92 Å². The molecule has 4 heteroatoms. The van der Waals surface area contributed by atoms with E-state index in [-0.39, 0.29) is 6.04 Å². The Morgan fingerprint density at radius 2 is 2.57 bits per heavy atom. The van der Waals surface area contributed by atoms with Crippen LogP contribution in [0.4, 0.5) is 0 Å². The molecule has 1 unspecified atom stereocenters. The van der Waals surface area contributed by atoms with E-state index in [0.29, 0.717) is 0 Å². The maximum absolute atomic E-state index is 7.82. The van der Waals surface area contributed by atoms with Crippen molar-refractivity contribution in [3.05, 3.63) is 10.4 Å². The summed E-state index contributed by atoms with van der Waals surface area (Å²) in [5, 5.41) is 3.42. The molecule has 0 aromatic heterocycles. The van der Waals surface area contributed by atoms with Gasteiger partial charge in [0.15, 0.2) is 0 Å². The van der Waals surface area contributed by atoms with Gasteiger partial charge in [-0.1, -0.05) is 34.6 Å². The Hall–Kier alpha value is 0.0400. The number of hydrogen-bond donors (Lipinski definition) is 0. The third-order valence-corrected chi connectivity index (χ3v) is 1.75. The molecule has 0 aliphatic rings.